The van der Waals surface area contributed by atoms with Crippen molar-refractivity contribution in [3.8, 4) is 11.5 Å². The average molecular weight is 346 g/mol. The van der Waals surface area contributed by atoms with E-state index in [-0.39, 0.29) is 5.91 Å². The van der Waals surface area contributed by atoms with Crippen LogP contribution in [-0.2, 0) is 4.79 Å². The molecule has 7 heteroatoms. The summed E-state index contributed by atoms with van der Waals surface area (Å²) in [5.74, 6) is 1.12. The summed E-state index contributed by atoms with van der Waals surface area (Å²) in [6, 6.07) is 7.50. The molecule has 0 saturated carbocycles. The van der Waals surface area contributed by atoms with E-state index in [9.17, 15) is 4.79 Å². The molecule has 0 atom stereocenters. The fraction of sp³-hybridized carbons (Fsp3) is 0.125. The summed E-state index contributed by atoms with van der Waals surface area (Å²) in [7, 11) is 3.19. The Morgan fingerprint density at radius 3 is 2.70 bits per heavy atom. The lowest BCUT2D eigenvalue weighted by Gasteiger charge is -2.03. The second kappa shape index (κ2) is 6.80. The van der Waals surface area contributed by atoms with Gasteiger partial charge in [-0.2, -0.15) is 0 Å². The zero-order chi connectivity index (χ0) is 16.2. The monoisotopic (exact) mass is 346 g/mol. The number of carbonyl (C=O) groups is 1. The molecule has 0 radical (unpaired) electrons. The minimum atomic E-state index is -0.226. The minimum absolute atomic E-state index is 0.226. The minimum Gasteiger partial charge on any atom is -0.495 e. The highest BCUT2D eigenvalue weighted by Gasteiger charge is 2.14. The second-order valence-corrected chi connectivity index (χ2v) is 6.48. The number of carbonyl (C=O) groups excluding carboxylic acids is 1. The van der Waals surface area contributed by atoms with Gasteiger partial charge in [0.15, 0.2) is 5.13 Å². The van der Waals surface area contributed by atoms with Crippen molar-refractivity contribution in [3.63, 3.8) is 0 Å². The number of nitrogens with zero attached hydrogens (tertiary/aromatic N) is 1. The predicted octanol–water partition coefficient (Wildman–Crippen LogP) is 4.03. The Hall–Kier alpha value is -2.38. The molecule has 0 aliphatic rings. The highest BCUT2D eigenvalue weighted by Crippen LogP contribution is 2.38. The fourth-order valence-corrected chi connectivity index (χ4v) is 3.62. The highest BCUT2D eigenvalue weighted by atomic mass is 32.1. The number of amides is 1. The summed E-state index contributed by atoms with van der Waals surface area (Å²) >= 11 is 2.92. The normalized spacial score (nSPS) is 11.0. The van der Waals surface area contributed by atoms with E-state index >= 15 is 0 Å². The number of thiophene rings is 1. The number of methoxy groups -OCH3 is 2. The van der Waals surface area contributed by atoms with Crippen LogP contribution in [0.1, 0.15) is 4.88 Å². The number of ether oxygens (including phenoxy) is 2. The van der Waals surface area contributed by atoms with Gasteiger partial charge in [0, 0.05) is 11.0 Å². The van der Waals surface area contributed by atoms with Gasteiger partial charge in [-0.1, -0.05) is 17.4 Å². The van der Waals surface area contributed by atoms with Gasteiger partial charge in [-0.15, -0.1) is 11.3 Å². The van der Waals surface area contributed by atoms with Crippen LogP contribution >= 0.6 is 22.7 Å². The number of hydrogen-bond acceptors (Lipinski definition) is 6. The van der Waals surface area contributed by atoms with E-state index in [1.54, 1.807) is 37.7 Å². The summed E-state index contributed by atoms with van der Waals surface area (Å²) in [4.78, 5) is 17.5. The van der Waals surface area contributed by atoms with E-state index < -0.39 is 0 Å². The van der Waals surface area contributed by atoms with Gasteiger partial charge in [0.25, 0.3) is 0 Å². The Kier molecular flexibility index (Phi) is 4.59. The SMILES string of the molecule is COc1ccc(OC)c2sc(NC(=O)/C=C/c3cccs3)nc12. The molecule has 0 fully saturated rings. The molecule has 0 unspecified atom stereocenters. The Labute approximate surface area is 141 Å². The lowest BCUT2D eigenvalue weighted by molar-refractivity contribution is -0.111. The molecule has 0 aliphatic carbocycles. The molecule has 0 saturated heterocycles. The van der Waals surface area contributed by atoms with Crippen LogP contribution in [0.3, 0.4) is 0 Å². The first-order chi connectivity index (χ1) is 11.2. The van der Waals surface area contributed by atoms with Crippen LogP contribution in [0, 0.1) is 0 Å². The highest BCUT2D eigenvalue weighted by molar-refractivity contribution is 7.22. The van der Waals surface area contributed by atoms with Gasteiger partial charge in [-0.25, -0.2) is 4.98 Å². The third-order valence-corrected chi connectivity index (χ3v) is 4.91. The van der Waals surface area contributed by atoms with Gasteiger partial charge < -0.3 is 9.47 Å². The van der Waals surface area contributed by atoms with E-state index in [0.717, 1.165) is 9.58 Å². The summed E-state index contributed by atoms with van der Waals surface area (Å²) < 4.78 is 11.5. The first kappa shape index (κ1) is 15.5. The molecular formula is C16H14N2O3S2. The molecule has 5 nitrogen and oxygen atoms in total. The Morgan fingerprint density at radius 1 is 1.22 bits per heavy atom. The molecule has 23 heavy (non-hydrogen) atoms. The van der Waals surface area contributed by atoms with Crippen LogP contribution in [-0.4, -0.2) is 25.1 Å². The van der Waals surface area contributed by atoms with Crippen molar-refractivity contribution in [2.24, 2.45) is 0 Å². The fourth-order valence-electron chi connectivity index (χ4n) is 2.03. The van der Waals surface area contributed by atoms with Crippen LogP contribution in [0.15, 0.2) is 35.7 Å². The van der Waals surface area contributed by atoms with Crippen LogP contribution in [0.4, 0.5) is 5.13 Å². The van der Waals surface area contributed by atoms with Crippen LogP contribution in [0.2, 0.25) is 0 Å². The van der Waals surface area contributed by atoms with E-state index in [4.69, 9.17) is 9.47 Å². The van der Waals surface area contributed by atoms with Crippen molar-refractivity contribution in [1.29, 1.82) is 0 Å². The molecule has 3 rings (SSSR count). The predicted molar refractivity (Wildman–Crippen MR) is 94.7 cm³/mol. The number of nitrogens with one attached hydrogen (secondary N) is 1. The smallest absolute Gasteiger partial charge is 0.250 e. The maximum atomic E-state index is 12.0. The molecule has 2 aromatic heterocycles. The molecule has 0 bridgehead atoms. The first-order valence-electron chi connectivity index (χ1n) is 6.75. The standard InChI is InChI=1S/C16H14N2O3S2/c1-20-11-6-7-12(21-2)15-14(11)18-16(23-15)17-13(19)8-5-10-4-3-9-22-10/h3-9H,1-2H3,(H,17,18,19)/b8-5+. The number of fused-ring (bicyclic) bond motifs is 1. The van der Waals surface area contributed by atoms with Gasteiger partial charge in [-0.05, 0) is 29.7 Å². The van der Waals surface area contributed by atoms with Crippen molar-refractivity contribution >= 4 is 50.0 Å². The van der Waals surface area contributed by atoms with E-state index in [0.29, 0.717) is 22.1 Å². The zero-order valence-electron chi connectivity index (χ0n) is 12.5. The first-order valence-corrected chi connectivity index (χ1v) is 8.45. The molecule has 2 heterocycles. The molecule has 118 valence electrons. The third kappa shape index (κ3) is 3.35. The van der Waals surface area contributed by atoms with Crippen molar-refractivity contribution in [3.05, 3.63) is 40.6 Å². The average Bonchev–Trinajstić information content (AvgIpc) is 3.21. The number of anilines is 1. The van der Waals surface area contributed by atoms with Crippen LogP contribution < -0.4 is 14.8 Å². The lowest BCUT2D eigenvalue weighted by Crippen LogP contribution is -2.07. The number of thiazole rings is 1. The van der Waals surface area contributed by atoms with Gasteiger partial charge in [0.05, 0.1) is 14.2 Å². The van der Waals surface area contributed by atoms with Gasteiger partial charge >= 0.3 is 0 Å². The molecule has 1 N–H and O–H groups in total. The maximum Gasteiger partial charge on any atom is 0.250 e. The van der Waals surface area contributed by atoms with Crippen LogP contribution in [0.5, 0.6) is 11.5 Å². The van der Waals surface area contributed by atoms with Crippen LogP contribution in [0.25, 0.3) is 16.3 Å². The molecule has 0 spiro atoms. The van der Waals surface area contributed by atoms with E-state index in [1.165, 1.54) is 17.4 Å². The second-order valence-electron chi connectivity index (χ2n) is 4.50. The molecular weight excluding hydrogens is 332 g/mol. The van der Waals surface area contributed by atoms with Crippen molar-refractivity contribution in [1.82, 2.24) is 4.98 Å². The number of benzene rings is 1. The molecule has 0 aliphatic heterocycles. The Morgan fingerprint density at radius 2 is 2.00 bits per heavy atom. The summed E-state index contributed by atoms with van der Waals surface area (Å²) in [6.45, 7) is 0. The Bertz CT molecular complexity index is 813. The quantitative estimate of drug-likeness (QED) is 0.709. The summed E-state index contributed by atoms with van der Waals surface area (Å²) in [6.07, 6.45) is 3.26. The van der Waals surface area contributed by atoms with Crippen molar-refractivity contribution in [2.45, 2.75) is 0 Å². The van der Waals surface area contributed by atoms with E-state index in [2.05, 4.69) is 10.3 Å². The molecule has 1 aromatic carbocycles. The molecule has 1 amide bonds. The number of hydrogen-bond donors (Lipinski definition) is 1. The largest absolute Gasteiger partial charge is 0.495 e. The lowest BCUT2D eigenvalue weighted by atomic mass is 10.3. The maximum absolute atomic E-state index is 12.0. The van der Waals surface area contributed by atoms with E-state index in [1.807, 2.05) is 23.6 Å². The number of aromatic nitrogens is 1. The molecule has 3 aromatic rings. The van der Waals surface area contributed by atoms with Gasteiger partial charge in [0.1, 0.15) is 21.7 Å². The number of rotatable bonds is 5. The van der Waals surface area contributed by atoms with Gasteiger partial charge in [-0.3, -0.25) is 10.1 Å². The van der Waals surface area contributed by atoms with Gasteiger partial charge in [0.2, 0.25) is 5.91 Å². The summed E-state index contributed by atoms with van der Waals surface area (Å²) in [5.41, 5.74) is 0.675. The topological polar surface area (TPSA) is 60.5 Å². The third-order valence-electron chi connectivity index (χ3n) is 3.08. The van der Waals surface area contributed by atoms with Crippen molar-refractivity contribution < 1.29 is 14.3 Å². The zero-order valence-corrected chi connectivity index (χ0v) is 14.2. The Balaban J connectivity index is 1.84. The summed E-state index contributed by atoms with van der Waals surface area (Å²) in [5, 5.41) is 5.24. The van der Waals surface area contributed by atoms with Crippen molar-refractivity contribution in [2.75, 3.05) is 19.5 Å².